The molecule has 9 rings (SSSR count). The summed E-state index contributed by atoms with van der Waals surface area (Å²) in [6.45, 7) is 5.03. The van der Waals surface area contributed by atoms with Crippen molar-refractivity contribution < 1.29 is 23.9 Å². The normalized spacial score (nSPS) is 22.8. The summed E-state index contributed by atoms with van der Waals surface area (Å²) in [6.07, 6.45) is 11.2. The summed E-state index contributed by atoms with van der Waals surface area (Å²) in [5.41, 5.74) is 5.31. The van der Waals surface area contributed by atoms with Crippen LogP contribution in [0.25, 0.3) is 22.4 Å². The number of hydrogen-bond acceptors (Lipinski definition) is 9. The first-order valence-corrected chi connectivity index (χ1v) is 22.5. The summed E-state index contributed by atoms with van der Waals surface area (Å²) in [4.78, 5) is 66.5. The van der Waals surface area contributed by atoms with E-state index in [0.717, 1.165) is 119 Å². The van der Waals surface area contributed by atoms with Crippen LogP contribution in [0.15, 0.2) is 79.0 Å². The molecule has 61 heavy (non-hydrogen) atoms. The smallest absolute Gasteiger partial charge is 0.255 e. The molecule has 13 heteroatoms. The molecule has 4 amide bonds. The van der Waals surface area contributed by atoms with Gasteiger partial charge in [0.15, 0.2) is 0 Å². The molecule has 1 aliphatic carbocycles. The molecule has 4 fully saturated rings. The number of carbonyl (C=O) groups excluding carboxylic acids is 4. The number of benzene rings is 3. The summed E-state index contributed by atoms with van der Waals surface area (Å²) in [5.74, 6) is 1.36. The minimum absolute atomic E-state index is 0.00691. The highest BCUT2D eigenvalue weighted by molar-refractivity contribution is 6.33. The minimum Gasteiger partial charge on any atom is -0.490 e. The largest absolute Gasteiger partial charge is 0.490 e. The van der Waals surface area contributed by atoms with Gasteiger partial charge >= 0.3 is 0 Å². The van der Waals surface area contributed by atoms with E-state index in [0.29, 0.717) is 47.0 Å². The molecule has 3 atom stereocenters. The maximum atomic E-state index is 13.8. The summed E-state index contributed by atoms with van der Waals surface area (Å²) in [6, 6.07) is 23.6. The monoisotopic (exact) mass is 843 g/mol. The second-order valence-electron chi connectivity index (χ2n) is 17.5. The lowest BCUT2D eigenvalue weighted by molar-refractivity contribution is -0.138. The van der Waals surface area contributed by atoms with Crippen molar-refractivity contribution >= 4 is 41.2 Å². The Labute approximate surface area is 362 Å². The fraction of sp³-hybridized carbons (Fsp3) is 0.458. The van der Waals surface area contributed by atoms with Crippen LogP contribution < -0.4 is 15.4 Å². The van der Waals surface area contributed by atoms with E-state index in [4.69, 9.17) is 21.3 Å². The number of anilines is 1. The zero-order valence-corrected chi connectivity index (χ0v) is 35.3. The second-order valence-corrected chi connectivity index (χ2v) is 17.9. The molecule has 3 aromatic carbocycles. The molecule has 5 heterocycles. The number of fused-ring (bicyclic) bond motifs is 1. The number of aromatic nitrogens is 2. The molecule has 0 radical (unpaired) electrons. The van der Waals surface area contributed by atoms with Crippen LogP contribution in [0, 0.1) is 11.8 Å². The number of nitrogens with zero attached hydrogens (tertiary/aromatic N) is 5. The van der Waals surface area contributed by atoms with Crippen LogP contribution in [0.1, 0.15) is 86.6 Å². The average molecular weight is 844 g/mol. The zero-order valence-electron chi connectivity index (χ0n) is 34.6. The number of piperidine rings is 3. The summed E-state index contributed by atoms with van der Waals surface area (Å²) < 4.78 is 6.40. The van der Waals surface area contributed by atoms with E-state index in [1.807, 2.05) is 42.5 Å². The molecule has 0 spiro atoms. The van der Waals surface area contributed by atoms with Gasteiger partial charge in [0.25, 0.3) is 5.91 Å². The van der Waals surface area contributed by atoms with E-state index >= 15 is 0 Å². The van der Waals surface area contributed by atoms with Crippen LogP contribution in [0.5, 0.6) is 5.75 Å². The minimum atomic E-state index is -0.622. The highest BCUT2D eigenvalue weighted by Crippen LogP contribution is 2.34. The number of amides is 4. The Morgan fingerprint density at radius 3 is 2.44 bits per heavy atom. The number of imide groups is 1. The number of hydrogen-bond donors (Lipinski definition) is 2. The molecule has 5 aliphatic rings. The molecular weight excluding hydrogens is 790 g/mol. The quantitative estimate of drug-likeness (QED) is 0.148. The van der Waals surface area contributed by atoms with Crippen molar-refractivity contribution in [3.8, 4) is 28.1 Å². The topological polar surface area (TPSA) is 137 Å². The molecule has 4 aromatic rings. The molecule has 4 aliphatic heterocycles. The lowest BCUT2D eigenvalue weighted by atomic mass is 9.84. The van der Waals surface area contributed by atoms with E-state index in [1.54, 1.807) is 17.2 Å². The highest BCUT2D eigenvalue weighted by Gasteiger charge is 2.39. The first kappa shape index (κ1) is 41.0. The van der Waals surface area contributed by atoms with Crippen LogP contribution in [-0.4, -0.2) is 99.2 Å². The predicted molar refractivity (Wildman–Crippen MR) is 234 cm³/mol. The third-order valence-electron chi connectivity index (χ3n) is 13.5. The van der Waals surface area contributed by atoms with E-state index in [2.05, 4.69) is 49.7 Å². The van der Waals surface area contributed by atoms with Crippen molar-refractivity contribution in [1.82, 2.24) is 30.0 Å². The molecule has 2 N–H and O–H groups in total. The first-order chi connectivity index (χ1) is 29.7. The van der Waals surface area contributed by atoms with Crippen LogP contribution >= 0.6 is 11.6 Å². The fourth-order valence-corrected chi connectivity index (χ4v) is 10.2. The number of carbonyl (C=O) groups is 4. The summed E-state index contributed by atoms with van der Waals surface area (Å²) in [5, 5.41) is 6.41. The second kappa shape index (κ2) is 18.3. The van der Waals surface area contributed by atoms with Gasteiger partial charge in [0.1, 0.15) is 17.9 Å². The number of likely N-dealkylation sites (tertiary alicyclic amines) is 2. The number of rotatable bonds is 11. The molecule has 3 unspecified atom stereocenters. The molecule has 3 saturated heterocycles. The Morgan fingerprint density at radius 1 is 0.852 bits per heavy atom. The maximum Gasteiger partial charge on any atom is 0.255 e. The Morgan fingerprint density at radius 2 is 1.64 bits per heavy atom. The number of ether oxygens (including phenoxy) is 1. The van der Waals surface area contributed by atoms with Crippen LogP contribution in [0.3, 0.4) is 0 Å². The third kappa shape index (κ3) is 9.45. The van der Waals surface area contributed by atoms with E-state index in [9.17, 15) is 19.2 Å². The van der Waals surface area contributed by atoms with Crippen molar-refractivity contribution in [2.45, 2.75) is 95.4 Å². The number of halogens is 1. The van der Waals surface area contributed by atoms with E-state index in [-0.39, 0.29) is 36.3 Å². The maximum absolute atomic E-state index is 13.8. The molecule has 12 nitrogen and oxygen atoms in total. The van der Waals surface area contributed by atoms with E-state index in [1.165, 1.54) is 0 Å². The molecular formula is C48H54ClN7O5. The van der Waals surface area contributed by atoms with Gasteiger partial charge in [-0.25, -0.2) is 9.97 Å². The standard InChI is InChI=1S/C48H54ClN7O5/c49-41-29-50-48(53-44(41)34-9-4-8-33(26-34)32-6-2-1-3-7-32)51-37-11-5-10-35(27-37)46(59)55-24-17-31(18-25-55)16-21-54-22-19-38(20-23-54)61-39-12-13-40-36(28-39)30-56(47(40)60)42-14-15-43(57)52-45(42)58/h1-4,6-9,12-13,26,28-29,31,35,37-38,42H,5,10-11,14-25,27,30H2,(H,50,51,53)(H,52,57,58). The van der Waals surface area contributed by atoms with Crippen molar-refractivity contribution in [1.29, 1.82) is 0 Å². The van der Waals surface area contributed by atoms with Crippen LogP contribution in [-0.2, 0) is 20.9 Å². The van der Waals surface area contributed by atoms with Crippen LogP contribution in [0.4, 0.5) is 5.95 Å². The third-order valence-corrected chi connectivity index (χ3v) is 13.7. The lowest BCUT2D eigenvalue weighted by Crippen LogP contribution is -2.52. The Balaban J connectivity index is 0.698. The van der Waals surface area contributed by atoms with Crippen molar-refractivity contribution in [2.24, 2.45) is 11.8 Å². The van der Waals surface area contributed by atoms with Gasteiger partial charge in [-0.3, -0.25) is 24.5 Å². The molecule has 318 valence electrons. The van der Waals surface area contributed by atoms with Gasteiger partial charge in [0, 0.05) is 62.2 Å². The van der Waals surface area contributed by atoms with Crippen molar-refractivity contribution in [2.75, 3.05) is 38.0 Å². The Kier molecular flexibility index (Phi) is 12.3. The summed E-state index contributed by atoms with van der Waals surface area (Å²) in [7, 11) is 0. The van der Waals surface area contributed by atoms with Gasteiger partial charge in [-0.15, -0.1) is 0 Å². The fourth-order valence-electron chi connectivity index (χ4n) is 9.98. The van der Waals surface area contributed by atoms with Gasteiger partial charge < -0.3 is 24.8 Å². The predicted octanol–water partition coefficient (Wildman–Crippen LogP) is 7.37. The highest BCUT2D eigenvalue weighted by atomic mass is 35.5. The number of nitrogens with one attached hydrogen (secondary N) is 2. The van der Waals surface area contributed by atoms with Gasteiger partial charge in [0.05, 0.1) is 16.9 Å². The molecule has 0 bridgehead atoms. The molecule has 1 aromatic heterocycles. The van der Waals surface area contributed by atoms with Crippen LogP contribution in [0.2, 0.25) is 5.02 Å². The van der Waals surface area contributed by atoms with Crippen molar-refractivity contribution in [3.05, 3.63) is 95.1 Å². The van der Waals surface area contributed by atoms with Crippen molar-refractivity contribution in [3.63, 3.8) is 0 Å². The van der Waals surface area contributed by atoms with Gasteiger partial charge in [-0.1, -0.05) is 66.6 Å². The zero-order chi connectivity index (χ0) is 41.9. The molecule has 1 saturated carbocycles. The van der Waals surface area contributed by atoms with Gasteiger partial charge in [-0.2, -0.15) is 0 Å². The Hall–Kier alpha value is -5.33. The first-order valence-electron chi connectivity index (χ1n) is 22.1. The SMILES string of the molecule is O=C1CCC(N2Cc3cc(OC4CCN(CCC5CCN(C(=O)C6CCCC(Nc7ncc(Cl)c(-c8cccc(-c9ccccc9)c8)n7)C6)CC5)CC4)ccc3C2=O)C(=O)N1. The Bertz CT molecular complexity index is 2260. The van der Waals surface area contributed by atoms with Gasteiger partial charge in [0.2, 0.25) is 23.7 Å². The summed E-state index contributed by atoms with van der Waals surface area (Å²) >= 11 is 6.63. The van der Waals surface area contributed by atoms with Gasteiger partial charge in [-0.05, 0) is 111 Å². The average Bonchev–Trinajstić information content (AvgIpc) is 3.61. The van der Waals surface area contributed by atoms with E-state index < -0.39 is 11.9 Å². The lowest BCUT2D eigenvalue weighted by Gasteiger charge is -2.38.